The van der Waals surface area contributed by atoms with E-state index in [2.05, 4.69) is 10.3 Å². The van der Waals surface area contributed by atoms with Crippen LogP contribution in [0.4, 0.5) is 5.69 Å². The van der Waals surface area contributed by atoms with Crippen LogP contribution in [0.5, 0.6) is 11.5 Å². The van der Waals surface area contributed by atoms with Crippen LogP contribution in [0.15, 0.2) is 42.5 Å². The minimum Gasteiger partial charge on any atom is -0.486 e. The molecule has 7 nitrogen and oxygen atoms in total. The summed E-state index contributed by atoms with van der Waals surface area (Å²) in [6.07, 6.45) is 0.583. The number of nitrogens with zero attached hydrogens (tertiary/aromatic N) is 1. The number of carbonyl (C=O) groups excluding carboxylic acids is 2. The average molecular weight is 406 g/mol. The van der Waals surface area contributed by atoms with Crippen molar-refractivity contribution >= 4 is 28.5 Å². The quantitative estimate of drug-likeness (QED) is 0.651. The van der Waals surface area contributed by atoms with Crippen molar-refractivity contribution < 1.29 is 23.8 Å². The van der Waals surface area contributed by atoms with Crippen molar-refractivity contribution in [3.05, 3.63) is 59.3 Å². The summed E-state index contributed by atoms with van der Waals surface area (Å²) in [7, 11) is 0. The summed E-state index contributed by atoms with van der Waals surface area (Å²) in [5, 5.41) is 3.60. The van der Waals surface area contributed by atoms with Crippen molar-refractivity contribution in [2.75, 3.05) is 25.1 Å². The number of aryl methyl sites for hydroxylation is 2. The van der Waals surface area contributed by atoms with Gasteiger partial charge >= 0.3 is 5.97 Å². The van der Waals surface area contributed by atoms with Gasteiger partial charge in [-0.15, -0.1) is 0 Å². The maximum Gasteiger partial charge on any atom is 0.340 e. The lowest BCUT2D eigenvalue weighted by Crippen LogP contribution is -2.22. The molecule has 1 aliphatic heterocycles. The molecule has 2 heterocycles. The molecule has 0 aliphatic carbocycles. The number of fused-ring (bicyclic) bond motifs is 2. The van der Waals surface area contributed by atoms with E-state index in [0.29, 0.717) is 48.1 Å². The molecule has 154 valence electrons. The predicted octanol–water partition coefficient (Wildman–Crippen LogP) is 3.67. The van der Waals surface area contributed by atoms with E-state index in [0.717, 1.165) is 16.5 Å². The number of anilines is 1. The Kier molecular flexibility index (Phi) is 5.52. The van der Waals surface area contributed by atoms with Gasteiger partial charge in [-0.05, 0) is 37.1 Å². The van der Waals surface area contributed by atoms with Crippen LogP contribution in [0, 0.1) is 6.92 Å². The van der Waals surface area contributed by atoms with E-state index in [9.17, 15) is 9.59 Å². The molecule has 3 aromatic rings. The minimum atomic E-state index is -0.556. The summed E-state index contributed by atoms with van der Waals surface area (Å²) < 4.78 is 16.3. The van der Waals surface area contributed by atoms with E-state index < -0.39 is 18.5 Å². The van der Waals surface area contributed by atoms with Crippen LogP contribution >= 0.6 is 0 Å². The van der Waals surface area contributed by atoms with Gasteiger partial charge in [0.25, 0.3) is 5.91 Å². The zero-order chi connectivity index (χ0) is 21.1. The summed E-state index contributed by atoms with van der Waals surface area (Å²) in [6, 6.07) is 12.8. The Morgan fingerprint density at radius 2 is 1.87 bits per heavy atom. The standard InChI is InChI=1S/C23H22N2O5/c1-3-17-22(14(2)16-6-4-5-7-18(16)25-17)23(27)30-13-21(26)24-15-8-9-19-20(12-15)29-11-10-28-19/h4-9,12H,3,10-11,13H2,1-2H3,(H,24,26). The van der Waals surface area contributed by atoms with Crippen LogP contribution in [-0.4, -0.2) is 36.7 Å². The molecule has 0 atom stereocenters. The van der Waals surface area contributed by atoms with Gasteiger partial charge in [0.2, 0.25) is 0 Å². The zero-order valence-electron chi connectivity index (χ0n) is 16.9. The molecule has 7 heteroatoms. The molecule has 1 aliphatic rings. The Balaban J connectivity index is 1.46. The van der Waals surface area contributed by atoms with Gasteiger partial charge in [-0.1, -0.05) is 25.1 Å². The molecule has 4 rings (SSSR count). The Morgan fingerprint density at radius 1 is 1.10 bits per heavy atom. The largest absolute Gasteiger partial charge is 0.486 e. The number of hydrogen-bond donors (Lipinski definition) is 1. The van der Waals surface area contributed by atoms with E-state index in [1.165, 1.54) is 0 Å². The van der Waals surface area contributed by atoms with Crippen molar-refractivity contribution in [2.45, 2.75) is 20.3 Å². The highest BCUT2D eigenvalue weighted by Crippen LogP contribution is 2.32. The molecule has 0 unspecified atom stereocenters. The highest BCUT2D eigenvalue weighted by molar-refractivity contribution is 6.00. The molecule has 1 N–H and O–H groups in total. The third-order valence-corrected chi connectivity index (χ3v) is 4.93. The molecular weight excluding hydrogens is 384 g/mol. The van der Waals surface area contributed by atoms with Gasteiger partial charge in [-0.25, -0.2) is 4.79 Å². The van der Waals surface area contributed by atoms with Crippen LogP contribution in [0.3, 0.4) is 0 Å². The molecule has 1 amide bonds. The number of benzene rings is 2. The summed E-state index contributed by atoms with van der Waals surface area (Å²) in [5.74, 6) is 0.211. The first-order valence-electron chi connectivity index (χ1n) is 9.81. The monoisotopic (exact) mass is 406 g/mol. The van der Waals surface area contributed by atoms with E-state index in [4.69, 9.17) is 14.2 Å². The Bertz CT molecular complexity index is 1130. The van der Waals surface area contributed by atoms with E-state index in [1.807, 2.05) is 38.1 Å². The SMILES string of the molecule is CCc1nc2ccccc2c(C)c1C(=O)OCC(=O)Nc1ccc2c(c1)OCCO2. The molecule has 0 bridgehead atoms. The maximum atomic E-state index is 12.8. The molecule has 0 saturated carbocycles. The van der Waals surface area contributed by atoms with Crippen molar-refractivity contribution in [2.24, 2.45) is 0 Å². The fourth-order valence-corrected chi connectivity index (χ4v) is 3.49. The first-order chi connectivity index (χ1) is 14.6. The fourth-order valence-electron chi connectivity index (χ4n) is 3.49. The summed E-state index contributed by atoms with van der Waals surface area (Å²) in [5.41, 5.74) is 3.25. The number of ether oxygens (including phenoxy) is 3. The first kappa shape index (κ1) is 19.7. The van der Waals surface area contributed by atoms with Gasteiger partial charge < -0.3 is 19.5 Å². The van der Waals surface area contributed by atoms with Crippen LogP contribution in [-0.2, 0) is 16.0 Å². The van der Waals surface area contributed by atoms with Gasteiger partial charge in [0.15, 0.2) is 18.1 Å². The van der Waals surface area contributed by atoms with Gasteiger partial charge in [-0.2, -0.15) is 0 Å². The number of para-hydroxylation sites is 1. The molecule has 30 heavy (non-hydrogen) atoms. The highest BCUT2D eigenvalue weighted by Gasteiger charge is 2.20. The molecule has 0 radical (unpaired) electrons. The second-order valence-corrected chi connectivity index (χ2v) is 6.91. The Labute approximate surface area is 174 Å². The summed E-state index contributed by atoms with van der Waals surface area (Å²) in [6.45, 7) is 4.36. The number of aromatic nitrogens is 1. The second-order valence-electron chi connectivity index (χ2n) is 6.91. The number of hydrogen-bond acceptors (Lipinski definition) is 6. The second kappa shape index (κ2) is 8.41. The van der Waals surface area contributed by atoms with Gasteiger partial charge in [0, 0.05) is 17.1 Å². The summed E-state index contributed by atoms with van der Waals surface area (Å²) >= 11 is 0. The molecule has 1 aromatic heterocycles. The number of amides is 1. The fraction of sp³-hybridized carbons (Fsp3) is 0.261. The average Bonchev–Trinajstić information content (AvgIpc) is 2.77. The van der Waals surface area contributed by atoms with E-state index >= 15 is 0 Å². The van der Waals surface area contributed by atoms with Gasteiger partial charge in [0.1, 0.15) is 13.2 Å². The first-order valence-corrected chi connectivity index (χ1v) is 9.81. The normalized spacial score (nSPS) is 12.5. The minimum absolute atomic E-state index is 0.400. The van der Waals surface area contributed by atoms with Crippen LogP contribution < -0.4 is 14.8 Å². The Morgan fingerprint density at radius 3 is 2.67 bits per heavy atom. The van der Waals surface area contributed by atoms with E-state index in [1.54, 1.807) is 18.2 Å². The number of carbonyl (C=O) groups is 2. The van der Waals surface area contributed by atoms with E-state index in [-0.39, 0.29) is 0 Å². The zero-order valence-corrected chi connectivity index (χ0v) is 16.9. The summed E-state index contributed by atoms with van der Waals surface area (Å²) in [4.78, 5) is 29.6. The van der Waals surface area contributed by atoms with Crippen LogP contribution in [0.2, 0.25) is 0 Å². The molecular formula is C23H22N2O5. The number of nitrogens with one attached hydrogen (secondary N) is 1. The Hall–Kier alpha value is -3.61. The molecule has 0 spiro atoms. The predicted molar refractivity (Wildman–Crippen MR) is 112 cm³/mol. The van der Waals surface area contributed by atoms with Crippen molar-refractivity contribution in [3.8, 4) is 11.5 Å². The lowest BCUT2D eigenvalue weighted by Gasteiger charge is -2.19. The highest BCUT2D eigenvalue weighted by atomic mass is 16.6. The van der Waals surface area contributed by atoms with Gasteiger partial charge in [-0.3, -0.25) is 9.78 Å². The van der Waals surface area contributed by atoms with Gasteiger partial charge in [0.05, 0.1) is 16.8 Å². The van der Waals surface area contributed by atoms with Crippen LogP contribution in [0.25, 0.3) is 10.9 Å². The smallest absolute Gasteiger partial charge is 0.340 e. The van der Waals surface area contributed by atoms with Crippen LogP contribution in [0.1, 0.15) is 28.5 Å². The third kappa shape index (κ3) is 3.91. The molecule has 0 fully saturated rings. The maximum absolute atomic E-state index is 12.8. The number of esters is 1. The lowest BCUT2D eigenvalue weighted by molar-refractivity contribution is -0.119. The van der Waals surface area contributed by atoms with Crippen molar-refractivity contribution in [1.82, 2.24) is 4.98 Å². The number of rotatable bonds is 5. The molecule has 2 aromatic carbocycles. The molecule has 0 saturated heterocycles. The third-order valence-electron chi connectivity index (χ3n) is 4.93. The van der Waals surface area contributed by atoms with Crippen molar-refractivity contribution in [3.63, 3.8) is 0 Å². The topological polar surface area (TPSA) is 86.8 Å². The number of pyridine rings is 1. The van der Waals surface area contributed by atoms with Crippen molar-refractivity contribution in [1.29, 1.82) is 0 Å². The lowest BCUT2D eigenvalue weighted by atomic mass is 10.0.